The molecule has 0 aromatic heterocycles. The summed E-state index contributed by atoms with van der Waals surface area (Å²) in [5.41, 5.74) is 5.09. The summed E-state index contributed by atoms with van der Waals surface area (Å²) in [6.45, 7) is 12.8. The maximum absolute atomic E-state index is 10.8. The highest BCUT2D eigenvalue weighted by atomic mass is 35.5. The van der Waals surface area contributed by atoms with E-state index in [-0.39, 0.29) is 6.42 Å². The van der Waals surface area contributed by atoms with Crippen molar-refractivity contribution in [2.75, 3.05) is 5.32 Å². The number of aliphatic hydroxyl groups excluding tert-OH is 2. The normalized spacial score (nSPS) is 27.7. The monoisotopic (exact) mass is 711 g/mol. The van der Waals surface area contributed by atoms with Crippen molar-refractivity contribution in [3.8, 4) is 0 Å². The summed E-state index contributed by atoms with van der Waals surface area (Å²) in [6.07, 6.45) is 13.8. The van der Waals surface area contributed by atoms with Crippen LogP contribution >= 0.6 is 23.2 Å². The van der Waals surface area contributed by atoms with Gasteiger partial charge in [0.05, 0.1) is 40.0 Å². The quantitative estimate of drug-likeness (QED) is 0.168. The molecule has 3 fully saturated rings. The first kappa shape index (κ1) is 39.2. The smallest absolute Gasteiger partial charge is 0.307 e. The molecule has 6 atom stereocenters. The van der Waals surface area contributed by atoms with Crippen LogP contribution in [0.5, 0.6) is 0 Å². The van der Waals surface area contributed by atoms with Crippen LogP contribution in [0.25, 0.3) is 0 Å². The van der Waals surface area contributed by atoms with E-state index in [1.807, 2.05) is 19.9 Å². The van der Waals surface area contributed by atoms with Gasteiger partial charge in [-0.1, -0.05) is 98.5 Å². The molecule has 2 aromatic carbocycles. The third kappa shape index (κ3) is 10.5. The molecule has 0 spiro atoms. The molecule has 0 unspecified atom stereocenters. The van der Waals surface area contributed by atoms with Crippen molar-refractivity contribution in [1.82, 2.24) is 0 Å². The zero-order chi connectivity index (χ0) is 35.9. The fourth-order valence-electron chi connectivity index (χ4n) is 8.45. The van der Waals surface area contributed by atoms with E-state index in [0.29, 0.717) is 57.1 Å². The SMILES string of the molecule is C=C1/C(=C\C=C2/CCC[C@]3(C)[C@@H]([C@H](C)CCCC(C)(C)O)CC[C@@H]23)C[C@@H](O)C[C@@H]1O.O=C(O)Cc1ccccc1Nc1c(Cl)cccc1Cl. The first-order valence-electron chi connectivity index (χ1n) is 17.8. The topological polar surface area (TPSA) is 110 Å². The van der Waals surface area contributed by atoms with E-state index < -0.39 is 23.8 Å². The summed E-state index contributed by atoms with van der Waals surface area (Å²) >= 11 is 12.1. The molecule has 0 saturated heterocycles. The van der Waals surface area contributed by atoms with E-state index in [4.69, 9.17) is 28.3 Å². The molecular weight excluding hydrogens is 657 g/mol. The summed E-state index contributed by atoms with van der Waals surface area (Å²) in [5.74, 6) is 1.22. The van der Waals surface area contributed by atoms with E-state index >= 15 is 0 Å². The Bertz CT molecular complexity index is 1510. The second-order valence-corrected chi connectivity index (χ2v) is 16.1. The minimum absolute atomic E-state index is 0.0642. The Morgan fingerprint density at radius 1 is 1.10 bits per heavy atom. The zero-order valence-corrected chi connectivity index (χ0v) is 31.0. The number of carboxylic acids is 1. The summed E-state index contributed by atoms with van der Waals surface area (Å²) in [6, 6.07) is 12.3. The number of carboxylic acid groups (broad SMARTS) is 1. The molecule has 0 bridgehead atoms. The second kappa shape index (κ2) is 17.1. The van der Waals surface area contributed by atoms with Crippen molar-refractivity contribution in [2.24, 2.45) is 23.2 Å². The van der Waals surface area contributed by atoms with Gasteiger partial charge in [0.2, 0.25) is 0 Å². The first-order chi connectivity index (χ1) is 23.1. The lowest BCUT2D eigenvalue weighted by molar-refractivity contribution is -0.136. The summed E-state index contributed by atoms with van der Waals surface area (Å²) in [5, 5.41) is 43.1. The second-order valence-electron chi connectivity index (χ2n) is 15.3. The largest absolute Gasteiger partial charge is 0.481 e. The summed E-state index contributed by atoms with van der Waals surface area (Å²) < 4.78 is 0. The number of fused-ring (bicyclic) bond motifs is 1. The third-order valence-electron chi connectivity index (χ3n) is 11.0. The number of aliphatic carboxylic acids is 1. The van der Waals surface area contributed by atoms with Gasteiger partial charge in [0.25, 0.3) is 0 Å². The molecule has 8 heteroatoms. The highest BCUT2D eigenvalue weighted by Crippen LogP contribution is 2.60. The summed E-state index contributed by atoms with van der Waals surface area (Å²) in [7, 11) is 0. The average molecular weight is 713 g/mol. The molecule has 3 aliphatic rings. The Kier molecular flexibility index (Phi) is 13.6. The van der Waals surface area contributed by atoms with Crippen LogP contribution in [0.2, 0.25) is 10.0 Å². The summed E-state index contributed by atoms with van der Waals surface area (Å²) in [4.78, 5) is 10.8. The number of halogens is 2. The van der Waals surface area contributed by atoms with Crippen molar-refractivity contribution in [1.29, 1.82) is 0 Å². The predicted octanol–water partition coefficient (Wildman–Crippen LogP) is 10.1. The molecule has 3 saturated carbocycles. The van der Waals surface area contributed by atoms with Crippen molar-refractivity contribution in [3.05, 3.63) is 93.5 Å². The molecule has 5 N–H and O–H groups in total. The minimum atomic E-state index is -0.889. The van der Waals surface area contributed by atoms with Gasteiger partial charge >= 0.3 is 5.97 Å². The highest BCUT2D eigenvalue weighted by molar-refractivity contribution is 6.39. The molecule has 3 aliphatic carbocycles. The van der Waals surface area contributed by atoms with Crippen LogP contribution in [0.4, 0.5) is 11.4 Å². The Hall–Kier alpha value is -2.61. The van der Waals surface area contributed by atoms with Gasteiger partial charge in [-0.2, -0.15) is 0 Å². The van der Waals surface area contributed by atoms with Gasteiger partial charge in [-0.05, 0) is 117 Å². The maximum Gasteiger partial charge on any atom is 0.307 e. The number of allylic oxidation sites excluding steroid dienone is 3. The highest BCUT2D eigenvalue weighted by Gasteiger charge is 2.50. The Balaban J connectivity index is 0.000000244. The molecule has 268 valence electrons. The van der Waals surface area contributed by atoms with Crippen LogP contribution in [0.15, 0.2) is 77.9 Å². The number of benzene rings is 2. The van der Waals surface area contributed by atoms with Crippen molar-refractivity contribution in [2.45, 2.75) is 116 Å². The van der Waals surface area contributed by atoms with Gasteiger partial charge in [0.1, 0.15) is 0 Å². The lowest BCUT2D eigenvalue weighted by Gasteiger charge is -2.44. The zero-order valence-electron chi connectivity index (χ0n) is 29.5. The molecule has 6 nitrogen and oxygen atoms in total. The molecule has 49 heavy (non-hydrogen) atoms. The number of carbonyl (C=O) groups is 1. The lowest BCUT2D eigenvalue weighted by atomic mass is 9.60. The van der Waals surface area contributed by atoms with Crippen LogP contribution in [-0.2, 0) is 11.2 Å². The van der Waals surface area contributed by atoms with Gasteiger partial charge < -0.3 is 25.7 Å². The van der Waals surface area contributed by atoms with Crippen LogP contribution in [0.1, 0.15) is 97.5 Å². The number of para-hydroxylation sites is 2. The van der Waals surface area contributed by atoms with E-state index in [2.05, 4.69) is 37.9 Å². The third-order valence-corrected chi connectivity index (χ3v) is 11.6. The van der Waals surface area contributed by atoms with Crippen molar-refractivity contribution in [3.63, 3.8) is 0 Å². The lowest BCUT2D eigenvalue weighted by Crippen LogP contribution is -2.36. The molecule has 0 aliphatic heterocycles. The van der Waals surface area contributed by atoms with Gasteiger partial charge in [-0.3, -0.25) is 4.79 Å². The predicted molar refractivity (Wildman–Crippen MR) is 202 cm³/mol. The average Bonchev–Trinajstić information content (AvgIpc) is 3.38. The van der Waals surface area contributed by atoms with Gasteiger partial charge in [-0.25, -0.2) is 0 Å². The van der Waals surface area contributed by atoms with Crippen LogP contribution in [0, 0.1) is 23.2 Å². The van der Waals surface area contributed by atoms with E-state index in [1.54, 1.807) is 42.0 Å². The number of nitrogens with one attached hydrogen (secondary N) is 1. The van der Waals surface area contributed by atoms with E-state index in [9.17, 15) is 20.1 Å². The fraction of sp³-hybridized carbons (Fsp3) is 0.537. The number of aliphatic hydroxyl groups is 3. The van der Waals surface area contributed by atoms with Crippen LogP contribution < -0.4 is 5.32 Å². The van der Waals surface area contributed by atoms with Crippen molar-refractivity contribution < 1.29 is 25.2 Å². The van der Waals surface area contributed by atoms with Crippen LogP contribution in [0.3, 0.4) is 0 Å². The van der Waals surface area contributed by atoms with Gasteiger partial charge in [-0.15, -0.1) is 0 Å². The van der Waals surface area contributed by atoms with Gasteiger partial charge in [0, 0.05) is 12.1 Å². The number of hydrogen-bond acceptors (Lipinski definition) is 5. The minimum Gasteiger partial charge on any atom is -0.481 e. The van der Waals surface area contributed by atoms with E-state index in [1.165, 1.54) is 38.5 Å². The molecule has 0 radical (unpaired) electrons. The maximum atomic E-state index is 10.8. The van der Waals surface area contributed by atoms with Gasteiger partial charge in [0.15, 0.2) is 0 Å². The number of hydrogen-bond donors (Lipinski definition) is 5. The Morgan fingerprint density at radius 2 is 1.80 bits per heavy atom. The van der Waals surface area contributed by atoms with Crippen LogP contribution in [-0.4, -0.2) is 44.2 Å². The molecule has 2 aromatic rings. The molecule has 0 amide bonds. The first-order valence-corrected chi connectivity index (χ1v) is 18.5. The molecular formula is C41H55Cl2NO5. The fourth-order valence-corrected chi connectivity index (χ4v) is 8.94. The van der Waals surface area contributed by atoms with Crippen molar-refractivity contribution >= 4 is 40.5 Å². The molecule has 5 rings (SSSR count). The standard InChI is InChI=1S/C27H44O3.C14H11Cl2NO2/c1-18(8-6-14-26(3,4)30)23-12-13-24-20(9-7-15-27(23,24)5)10-11-21-16-22(28)17-25(29)19(21)2;15-10-5-3-6-11(16)14(10)17-12-7-2-1-4-9(12)8-13(18)19/h10-11,18,22-25,28-30H,2,6-9,12-17H2,1,3-5H3;1-7,17H,8H2,(H,18,19)/b20-10+,21-11-;/t18-,22-,23-,24+,25+,27-;/m1./s1. The van der Waals surface area contributed by atoms with E-state index in [0.717, 1.165) is 29.9 Å². The Labute approximate surface area is 302 Å². The Morgan fingerprint density at radius 3 is 2.47 bits per heavy atom. The number of rotatable bonds is 10. The number of anilines is 2. The molecule has 0 heterocycles.